The van der Waals surface area contributed by atoms with Crippen LogP contribution in [0.4, 0.5) is 10.1 Å². The van der Waals surface area contributed by atoms with E-state index in [1.54, 1.807) is 13.2 Å². The summed E-state index contributed by atoms with van der Waals surface area (Å²) in [6, 6.07) is 4.92. The number of para-hydroxylation sites is 1. The van der Waals surface area contributed by atoms with Crippen LogP contribution in [0.1, 0.15) is 12.5 Å². The van der Waals surface area contributed by atoms with Gasteiger partial charge in [0.05, 0.1) is 12.3 Å². The molecule has 0 bridgehead atoms. The van der Waals surface area contributed by atoms with Gasteiger partial charge in [0.25, 0.3) is 0 Å². The molecule has 2 N–H and O–H groups in total. The van der Waals surface area contributed by atoms with Crippen LogP contribution in [0.3, 0.4) is 0 Å². The predicted octanol–water partition coefficient (Wildman–Crippen LogP) is 1.88. The molecule has 0 aromatic heterocycles. The van der Waals surface area contributed by atoms with E-state index < -0.39 is 0 Å². The Hall–Kier alpha value is -1.13. The van der Waals surface area contributed by atoms with Crippen LogP contribution in [0, 0.1) is 5.82 Å². The molecular formula is C12H19FN2O. The average molecular weight is 226 g/mol. The van der Waals surface area contributed by atoms with Crippen molar-refractivity contribution in [3.8, 4) is 0 Å². The van der Waals surface area contributed by atoms with Crippen LogP contribution >= 0.6 is 0 Å². The van der Waals surface area contributed by atoms with Crippen LogP contribution in [0.15, 0.2) is 18.2 Å². The predicted molar refractivity (Wildman–Crippen MR) is 63.6 cm³/mol. The van der Waals surface area contributed by atoms with E-state index in [-0.39, 0.29) is 11.5 Å². The van der Waals surface area contributed by atoms with Gasteiger partial charge < -0.3 is 10.5 Å². The number of anilines is 1. The number of likely N-dealkylation sites (N-methyl/N-ethyl adjacent to an activating group) is 1. The van der Waals surface area contributed by atoms with E-state index >= 15 is 0 Å². The highest BCUT2D eigenvalue weighted by molar-refractivity contribution is 5.47. The molecular weight excluding hydrogens is 207 g/mol. The molecule has 0 saturated heterocycles. The van der Waals surface area contributed by atoms with Gasteiger partial charge in [-0.05, 0) is 18.2 Å². The molecule has 1 rings (SSSR count). The van der Waals surface area contributed by atoms with Crippen molar-refractivity contribution < 1.29 is 9.13 Å². The van der Waals surface area contributed by atoms with E-state index in [9.17, 15) is 4.39 Å². The fourth-order valence-corrected chi connectivity index (χ4v) is 1.53. The van der Waals surface area contributed by atoms with Crippen molar-refractivity contribution in [3.05, 3.63) is 29.6 Å². The van der Waals surface area contributed by atoms with Crippen LogP contribution in [-0.2, 0) is 11.3 Å². The monoisotopic (exact) mass is 226 g/mol. The summed E-state index contributed by atoms with van der Waals surface area (Å²) in [5.74, 6) is -0.347. The van der Waals surface area contributed by atoms with E-state index in [0.29, 0.717) is 13.2 Å². The Labute approximate surface area is 96.0 Å². The van der Waals surface area contributed by atoms with Gasteiger partial charge in [-0.3, -0.25) is 4.90 Å². The Balaban J connectivity index is 2.66. The number of ether oxygens (including phenoxy) is 1. The van der Waals surface area contributed by atoms with E-state index in [4.69, 9.17) is 10.5 Å². The van der Waals surface area contributed by atoms with Gasteiger partial charge in [-0.1, -0.05) is 19.1 Å². The number of benzene rings is 1. The minimum atomic E-state index is -0.347. The molecule has 16 heavy (non-hydrogen) atoms. The summed E-state index contributed by atoms with van der Waals surface area (Å²) in [5.41, 5.74) is 6.76. The zero-order valence-electron chi connectivity index (χ0n) is 9.87. The van der Waals surface area contributed by atoms with Crippen molar-refractivity contribution in [3.63, 3.8) is 0 Å². The quantitative estimate of drug-likeness (QED) is 0.753. The molecule has 4 heteroatoms. The Bertz CT molecular complexity index is 331. The highest BCUT2D eigenvalue weighted by Crippen LogP contribution is 2.17. The van der Waals surface area contributed by atoms with Gasteiger partial charge in [0.1, 0.15) is 5.82 Å². The van der Waals surface area contributed by atoms with Gasteiger partial charge in [-0.2, -0.15) is 0 Å². The van der Waals surface area contributed by atoms with Crippen LogP contribution in [0.2, 0.25) is 0 Å². The summed E-state index contributed by atoms with van der Waals surface area (Å²) < 4.78 is 18.2. The molecule has 0 spiro atoms. The third kappa shape index (κ3) is 3.47. The van der Waals surface area contributed by atoms with Gasteiger partial charge in [-0.15, -0.1) is 0 Å². The third-order valence-corrected chi connectivity index (χ3v) is 2.60. The molecule has 0 aliphatic heterocycles. The van der Waals surface area contributed by atoms with Crippen molar-refractivity contribution >= 4 is 5.69 Å². The lowest BCUT2D eigenvalue weighted by Gasteiger charge is -2.20. The second-order valence-electron chi connectivity index (χ2n) is 3.67. The van der Waals surface area contributed by atoms with Crippen LogP contribution in [0.5, 0.6) is 0 Å². The van der Waals surface area contributed by atoms with Gasteiger partial charge in [-0.25, -0.2) is 4.39 Å². The molecule has 0 radical (unpaired) electrons. The SMILES string of the molecule is CCN(CCOC)Cc1cccc(F)c1N. The summed E-state index contributed by atoms with van der Waals surface area (Å²) in [5, 5.41) is 0. The smallest absolute Gasteiger partial charge is 0.146 e. The maximum atomic E-state index is 13.2. The standard InChI is InChI=1S/C12H19FN2O/c1-3-15(7-8-16-2)9-10-5-4-6-11(13)12(10)14/h4-6H,3,7-9,14H2,1-2H3. The molecule has 0 amide bonds. The minimum absolute atomic E-state index is 0.248. The van der Waals surface area contributed by atoms with Crippen LogP contribution < -0.4 is 5.73 Å². The Morgan fingerprint density at radius 2 is 2.19 bits per heavy atom. The zero-order chi connectivity index (χ0) is 12.0. The van der Waals surface area contributed by atoms with Crippen LogP contribution in [-0.4, -0.2) is 31.7 Å². The van der Waals surface area contributed by atoms with Crippen molar-refractivity contribution in [2.75, 3.05) is 32.5 Å². The molecule has 0 unspecified atom stereocenters. The fourth-order valence-electron chi connectivity index (χ4n) is 1.53. The van der Waals surface area contributed by atoms with Gasteiger partial charge in [0, 0.05) is 20.2 Å². The highest BCUT2D eigenvalue weighted by atomic mass is 19.1. The molecule has 0 atom stereocenters. The number of nitrogens with zero attached hydrogens (tertiary/aromatic N) is 1. The van der Waals surface area contributed by atoms with E-state index in [1.165, 1.54) is 6.07 Å². The second-order valence-corrected chi connectivity index (χ2v) is 3.67. The van der Waals surface area contributed by atoms with Crippen molar-refractivity contribution in [2.24, 2.45) is 0 Å². The first kappa shape index (κ1) is 12.9. The van der Waals surface area contributed by atoms with Crippen molar-refractivity contribution in [1.82, 2.24) is 4.90 Å². The Morgan fingerprint density at radius 1 is 1.44 bits per heavy atom. The van der Waals surface area contributed by atoms with E-state index in [2.05, 4.69) is 11.8 Å². The topological polar surface area (TPSA) is 38.5 Å². The normalized spacial score (nSPS) is 11.0. The summed E-state index contributed by atoms with van der Waals surface area (Å²) in [7, 11) is 1.67. The maximum absolute atomic E-state index is 13.2. The first-order valence-electron chi connectivity index (χ1n) is 5.43. The van der Waals surface area contributed by atoms with E-state index in [1.807, 2.05) is 6.07 Å². The number of halogens is 1. The summed E-state index contributed by atoms with van der Waals surface area (Å²) in [4.78, 5) is 2.16. The van der Waals surface area contributed by atoms with Gasteiger partial charge >= 0.3 is 0 Å². The number of nitrogen functional groups attached to an aromatic ring is 1. The first-order chi connectivity index (χ1) is 7.69. The number of methoxy groups -OCH3 is 1. The largest absolute Gasteiger partial charge is 0.396 e. The zero-order valence-corrected chi connectivity index (χ0v) is 9.87. The van der Waals surface area contributed by atoms with Crippen LogP contribution in [0.25, 0.3) is 0 Å². The number of nitrogens with two attached hydrogens (primary N) is 1. The molecule has 1 aromatic rings. The summed E-state index contributed by atoms with van der Waals surface area (Å²) in [6.45, 7) is 5.10. The lowest BCUT2D eigenvalue weighted by Crippen LogP contribution is -2.27. The second kappa shape index (κ2) is 6.45. The molecule has 90 valence electrons. The molecule has 0 fully saturated rings. The Morgan fingerprint density at radius 3 is 2.81 bits per heavy atom. The highest BCUT2D eigenvalue weighted by Gasteiger charge is 2.08. The molecule has 3 nitrogen and oxygen atoms in total. The third-order valence-electron chi connectivity index (χ3n) is 2.60. The first-order valence-corrected chi connectivity index (χ1v) is 5.43. The molecule has 0 aliphatic carbocycles. The summed E-state index contributed by atoms with van der Waals surface area (Å²) in [6.07, 6.45) is 0. The van der Waals surface area contributed by atoms with Crippen molar-refractivity contribution in [2.45, 2.75) is 13.5 Å². The van der Waals surface area contributed by atoms with E-state index in [0.717, 1.165) is 18.7 Å². The fraction of sp³-hybridized carbons (Fsp3) is 0.500. The molecule has 0 saturated carbocycles. The van der Waals surface area contributed by atoms with Gasteiger partial charge in [0.15, 0.2) is 0 Å². The lowest BCUT2D eigenvalue weighted by molar-refractivity contribution is 0.147. The number of hydrogen-bond donors (Lipinski definition) is 1. The van der Waals surface area contributed by atoms with Crippen molar-refractivity contribution in [1.29, 1.82) is 0 Å². The lowest BCUT2D eigenvalue weighted by atomic mass is 10.1. The maximum Gasteiger partial charge on any atom is 0.146 e. The molecule has 1 aromatic carbocycles. The molecule has 0 heterocycles. The number of hydrogen-bond acceptors (Lipinski definition) is 3. The van der Waals surface area contributed by atoms with Gasteiger partial charge in [0.2, 0.25) is 0 Å². The molecule has 0 aliphatic rings. The minimum Gasteiger partial charge on any atom is -0.396 e. The summed E-state index contributed by atoms with van der Waals surface area (Å²) >= 11 is 0. The average Bonchev–Trinajstić information content (AvgIpc) is 2.30. The Kier molecular flexibility index (Phi) is 5.22. The number of rotatable bonds is 6.